The van der Waals surface area contributed by atoms with E-state index in [1.165, 1.54) is 23.3 Å². The summed E-state index contributed by atoms with van der Waals surface area (Å²) in [4.78, 5) is 4.74. The van der Waals surface area contributed by atoms with Gasteiger partial charge in [0, 0.05) is 41.9 Å². The molecule has 4 heterocycles. The molecule has 1 saturated heterocycles. The molecule has 2 unspecified atom stereocenters. The van der Waals surface area contributed by atoms with Crippen LogP contribution in [-0.4, -0.2) is 38.8 Å². The van der Waals surface area contributed by atoms with E-state index < -0.39 is 5.79 Å². The predicted molar refractivity (Wildman–Crippen MR) is 133 cm³/mol. The summed E-state index contributed by atoms with van der Waals surface area (Å²) in [5, 5.41) is 9.01. The first kappa shape index (κ1) is 22.1. The van der Waals surface area contributed by atoms with Gasteiger partial charge in [-0.25, -0.2) is 8.91 Å². The van der Waals surface area contributed by atoms with Crippen LogP contribution in [0.15, 0.2) is 60.9 Å². The number of fused-ring (bicyclic) bond motifs is 4. The topological polar surface area (TPSA) is 61.5 Å². The lowest BCUT2D eigenvalue weighted by Crippen LogP contribution is -2.49. The van der Waals surface area contributed by atoms with Crippen LogP contribution < -0.4 is 0 Å². The highest BCUT2D eigenvalue weighted by Gasteiger charge is 2.54. The minimum Gasteiger partial charge on any atom is -0.348 e. The molecule has 3 aromatic heterocycles. The fraction of sp³-hybridized carbons (Fsp3) is 0.414. The first-order valence-corrected chi connectivity index (χ1v) is 13.0. The van der Waals surface area contributed by atoms with Crippen molar-refractivity contribution in [2.24, 2.45) is 5.92 Å². The molecule has 7 heteroatoms. The number of benzene rings is 1. The molecule has 2 atom stereocenters. The Hall–Kier alpha value is -3.16. The van der Waals surface area contributed by atoms with Crippen molar-refractivity contribution >= 4 is 5.52 Å². The van der Waals surface area contributed by atoms with E-state index in [1.807, 2.05) is 16.8 Å². The van der Waals surface area contributed by atoms with Crippen LogP contribution in [0.4, 0.5) is 4.39 Å². The van der Waals surface area contributed by atoms with Crippen LogP contribution in [0, 0.1) is 11.7 Å². The average Bonchev–Trinajstić information content (AvgIpc) is 3.50. The molecular weight excluding hydrogens is 455 g/mol. The minimum atomic E-state index is -0.435. The van der Waals surface area contributed by atoms with Gasteiger partial charge in [-0.1, -0.05) is 11.3 Å². The largest absolute Gasteiger partial charge is 0.348 e. The summed E-state index contributed by atoms with van der Waals surface area (Å²) in [6.07, 6.45) is 11.0. The Morgan fingerprint density at radius 2 is 1.92 bits per heavy atom. The molecule has 0 N–H and O–H groups in total. The summed E-state index contributed by atoms with van der Waals surface area (Å²) in [7, 11) is 0. The molecule has 2 fully saturated rings. The number of halogens is 1. The maximum absolute atomic E-state index is 13.5. The second-order valence-electron chi connectivity index (χ2n) is 10.5. The summed E-state index contributed by atoms with van der Waals surface area (Å²) in [6.45, 7) is 1.37. The molecule has 36 heavy (non-hydrogen) atoms. The Morgan fingerprint density at radius 3 is 2.72 bits per heavy atom. The van der Waals surface area contributed by atoms with Crippen molar-refractivity contribution < 1.29 is 13.9 Å². The summed E-state index contributed by atoms with van der Waals surface area (Å²) < 4.78 is 27.8. The fourth-order valence-electron chi connectivity index (χ4n) is 6.92. The fourth-order valence-corrected chi connectivity index (χ4v) is 6.92. The van der Waals surface area contributed by atoms with Gasteiger partial charge in [0.05, 0.1) is 18.7 Å². The van der Waals surface area contributed by atoms with Crippen molar-refractivity contribution in [1.82, 2.24) is 19.8 Å². The van der Waals surface area contributed by atoms with Gasteiger partial charge >= 0.3 is 0 Å². The number of hydrogen-bond donors (Lipinski definition) is 0. The van der Waals surface area contributed by atoms with Crippen LogP contribution >= 0.6 is 0 Å². The smallest absolute Gasteiger partial charge is 0.168 e. The molecular formula is C29H29FN4O2. The second-order valence-corrected chi connectivity index (χ2v) is 10.5. The standard InChI is InChI=1S/C29H29FN4O2/c30-23-9-7-20(8-10-23)27-26-16-21-4-3-5-22-17-29(35-14-15-36-29)12-11-28(22,18-24-6-1-2-13-31-24)25(21)19-34(26)33-32-27/h1-2,6-10,13,16,19,22H,3-5,11-12,14-15,17-18H2. The summed E-state index contributed by atoms with van der Waals surface area (Å²) in [5.41, 5.74) is 6.37. The molecule has 0 radical (unpaired) electrons. The van der Waals surface area contributed by atoms with Gasteiger partial charge in [-0.15, -0.1) is 5.10 Å². The highest BCUT2D eigenvalue weighted by atomic mass is 19.1. The number of ether oxygens (including phenoxy) is 2. The van der Waals surface area contributed by atoms with Crippen molar-refractivity contribution in [3.8, 4) is 11.3 Å². The van der Waals surface area contributed by atoms with Crippen LogP contribution in [0.3, 0.4) is 0 Å². The van der Waals surface area contributed by atoms with Gasteiger partial charge < -0.3 is 9.47 Å². The normalized spacial score (nSPS) is 25.0. The zero-order valence-corrected chi connectivity index (χ0v) is 20.2. The van der Waals surface area contributed by atoms with Crippen LogP contribution in [0.2, 0.25) is 0 Å². The molecule has 4 aromatic rings. The van der Waals surface area contributed by atoms with Crippen molar-refractivity contribution in [3.63, 3.8) is 0 Å². The van der Waals surface area contributed by atoms with Crippen LogP contribution in [0.5, 0.6) is 0 Å². The molecule has 1 spiro atoms. The van der Waals surface area contributed by atoms with E-state index in [4.69, 9.17) is 14.5 Å². The number of nitrogens with zero attached hydrogens (tertiary/aromatic N) is 4. The lowest BCUT2D eigenvalue weighted by molar-refractivity contribution is -0.199. The third kappa shape index (κ3) is 3.56. The zero-order chi connectivity index (χ0) is 24.2. The number of pyridine rings is 2. The van der Waals surface area contributed by atoms with E-state index in [2.05, 4.69) is 34.7 Å². The molecule has 1 saturated carbocycles. The Morgan fingerprint density at radius 1 is 1.06 bits per heavy atom. The van der Waals surface area contributed by atoms with E-state index in [9.17, 15) is 4.39 Å². The average molecular weight is 485 g/mol. The Bertz CT molecular complexity index is 1400. The molecule has 3 aliphatic rings. The summed E-state index contributed by atoms with van der Waals surface area (Å²) in [5.74, 6) is -0.266. The number of rotatable bonds is 3. The van der Waals surface area contributed by atoms with Crippen molar-refractivity contribution in [2.75, 3.05) is 13.2 Å². The first-order chi connectivity index (χ1) is 17.6. The zero-order valence-electron chi connectivity index (χ0n) is 20.2. The third-order valence-corrected chi connectivity index (χ3v) is 8.62. The van der Waals surface area contributed by atoms with Gasteiger partial charge in [0.2, 0.25) is 0 Å². The Balaban J connectivity index is 1.37. The second kappa shape index (κ2) is 8.46. The quantitative estimate of drug-likeness (QED) is 0.395. The van der Waals surface area contributed by atoms with Crippen molar-refractivity contribution in [3.05, 3.63) is 83.6 Å². The Labute approximate surface area is 209 Å². The minimum absolute atomic E-state index is 0.0725. The van der Waals surface area contributed by atoms with Crippen molar-refractivity contribution in [2.45, 2.75) is 56.1 Å². The highest BCUT2D eigenvalue weighted by Crippen LogP contribution is 2.55. The van der Waals surface area contributed by atoms with Gasteiger partial charge in [0.25, 0.3) is 0 Å². The van der Waals surface area contributed by atoms with Crippen molar-refractivity contribution in [1.29, 1.82) is 0 Å². The number of aromatic nitrogens is 4. The van der Waals surface area contributed by atoms with Gasteiger partial charge in [0.1, 0.15) is 11.5 Å². The number of aryl methyl sites for hydroxylation is 1. The molecule has 1 aliphatic heterocycles. The lowest BCUT2D eigenvalue weighted by atomic mass is 9.58. The summed E-state index contributed by atoms with van der Waals surface area (Å²) >= 11 is 0. The Kier molecular flexibility index (Phi) is 5.18. The summed E-state index contributed by atoms with van der Waals surface area (Å²) in [6, 6.07) is 15.0. The molecule has 0 amide bonds. The van der Waals surface area contributed by atoms with E-state index in [0.29, 0.717) is 19.1 Å². The molecule has 2 aliphatic carbocycles. The first-order valence-electron chi connectivity index (χ1n) is 13.0. The van der Waals surface area contributed by atoms with Gasteiger partial charge in [-0.05, 0) is 91.6 Å². The van der Waals surface area contributed by atoms with Gasteiger partial charge in [-0.2, -0.15) is 0 Å². The van der Waals surface area contributed by atoms with Gasteiger partial charge in [-0.3, -0.25) is 4.98 Å². The maximum Gasteiger partial charge on any atom is 0.168 e. The third-order valence-electron chi connectivity index (χ3n) is 8.62. The van der Waals surface area contributed by atoms with E-state index >= 15 is 0 Å². The highest BCUT2D eigenvalue weighted by molar-refractivity contribution is 5.77. The maximum atomic E-state index is 13.5. The van der Waals surface area contributed by atoms with Crippen LogP contribution in [0.25, 0.3) is 16.8 Å². The SMILES string of the molecule is Fc1ccc(-c2nnn3cc4c(cc23)CCCC2CC3(CCC42Cc2ccccn2)OCCO3)cc1. The molecule has 0 bridgehead atoms. The molecule has 7 rings (SSSR count). The predicted octanol–water partition coefficient (Wildman–Crippen LogP) is 5.29. The monoisotopic (exact) mass is 484 g/mol. The lowest BCUT2D eigenvalue weighted by Gasteiger charge is -2.49. The number of hydrogen-bond acceptors (Lipinski definition) is 5. The van der Waals surface area contributed by atoms with Crippen LogP contribution in [-0.2, 0) is 27.7 Å². The van der Waals surface area contributed by atoms with Crippen LogP contribution in [0.1, 0.15) is 48.9 Å². The van der Waals surface area contributed by atoms with E-state index in [-0.39, 0.29) is 11.2 Å². The van der Waals surface area contributed by atoms with Gasteiger partial charge in [0.15, 0.2) is 5.79 Å². The molecule has 1 aromatic carbocycles. The molecule has 6 nitrogen and oxygen atoms in total. The van der Waals surface area contributed by atoms with E-state index in [0.717, 1.165) is 67.4 Å². The molecule has 184 valence electrons. The van der Waals surface area contributed by atoms with E-state index in [1.54, 1.807) is 12.1 Å².